The lowest BCUT2D eigenvalue weighted by molar-refractivity contribution is 0.0663. The number of nitrogens with one attached hydrogen (secondary N) is 1. The first kappa shape index (κ1) is 18.4. The van der Waals surface area contributed by atoms with Gasteiger partial charge in [0.25, 0.3) is 0 Å². The molecule has 0 spiro atoms. The Balaban J connectivity index is 1.56. The van der Waals surface area contributed by atoms with Gasteiger partial charge in [0, 0.05) is 43.3 Å². The van der Waals surface area contributed by atoms with Crippen molar-refractivity contribution in [3.63, 3.8) is 0 Å². The predicted octanol–water partition coefficient (Wildman–Crippen LogP) is 3.75. The van der Waals surface area contributed by atoms with Gasteiger partial charge in [-0.25, -0.2) is 9.97 Å². The molecule has 28 heavy (non-hydrogen) atoms. The number of aromatic nitrogens is 3. The smallest absolute Gasteiger partial charge is 0.180 e. The third-order valence-electron chi connectivity index (χ3n) is 4.92. The van der Waals surface area contributed by atoms with Crippen LogP contribution in [-0.2, 0) is 11.2 Å². The lowest BCUT2D eigenvalue weighted by Crippen LogP contribution is -2.18. The molecule has 0 saturated carbocycles. The summed E-state index contributed by atoms with van der Waals surface area (Å²) < 4.78 is 16.1. The largest absolute Gasteiger partial charge is 0.497 e. The van der Waals surface area contributed by atoms with Gasteiger partial charge in [-0.15, -0.1) is 0 Å². The second-order valence-corrected chi connectivity index (χ2v) is 6.89. The van der Waals surface area contributed by atoms with Crippen molar-refractivity contribution >= 4 is 22.7 Å². The van der Waals surface area contributed by atoms with Crippen molar-refractivity contribution in [3.05, 3.63) is 42.2 Å². The summed E-state index contributed by atoms with van der Waals surface area (Å²) in [4.78, 5) is 13.9. The maximum atomic E-state index is 5.44. The van der Waals surface area contributed by atoms with E-state index in [0.717, 1.165) is 49.4 Å². The van der Waals surface area contributed by atoms with E-state index in [-0.39, 0.29) is 0 Å². The molecule has 7 nitrogen and oxygen atoms in total. The molecule has 2 aromatic heterocycles. The molecular weight excluding hydrogens is 356 g/mol. The quantitative estimate of drug-likeness (QED) is 0.698. The Hall–Kier alpha value is -2.93. The van der Waals surface area contributed by atoms with Crippen LogP contribution in [-0.4, -0.2) is 42.4 Å². The van der Waals surface area contributed by atoms with E-state index >= 15 is 0 Å². The minimum absolute atomic E-state index is 0.603. The zero-order chi connectivity index (χ0) is 19.3. The number of hydrogen-bond donors (Lipinski definition) is 1. The van der Waals surface area contributed by atoms with Gasteiger partial charge in [-0.3, -0.25) is 4.98 Å². The lowest BCUT2D eigenvalue weighted by atomic mass is 9.95. The minimum atomic E-state index is 0.603. The van der Waals surface area contributed by atoms with Crippen LogP contribution in [0.15, 0.2) is 36.5 Å². The van der Waals surface area contributed by atoms with E-state index in [1.165, 1.54) is 0 Å². The highest BCUT2D eigenvalue weighted by atomic mass is 16.5. The molecule has 1 N–H and O–H groups in total. The molecule has 1 fully saturated rings. The topological polar surface area (TPSA) is 78.4 Å². The van der Waals surface area contributed by atoms with Crippen LogP contribution in [0.5, 0.6) is 11.5 Å². The summed E-state index contributed by atoms with van der Waals surface area (Å²) in [6.45, 7) is 1.67. The number of anilines is 2. The molecule has 0 bridgehead atoms. The number of hydrogen-bond acceptors (Lipinski definition) is 7. The fourth-order valence-electron chi connectivity index (χ4n) is 3.37. The van der Waals surface area contributed by atoms with Crippen LogP contribution in [0.1, 0.15) is 18.5 Å². The predicted molar refractivity (Wildman–Crippen MR) is 107 cm³/mol. The van der Waals surface area contributed by atoms with Gasteiger partial charge in [0.2, 0.25) is 0 Å². The lowest BCUT2D eigenvalue weighted by Gasteiger charge is -2.21. The van der Waals surface area contributed by atoms with Gasteiger partial charge in [-0.05, 0) is 37.3 Å². The summed E-state index contributed by atoms with van der Waals surface area (Å²) in [7, 11) is 3.25. The molecular formula is C21H24N4O3. The molecule has 1 saturated heterocycles. The van der Waals surface area contributed by atoms with E-state index in [1.807, 2.05) is 36.5 Å². The van der Waals surface area contributed by atoms with Crippen LogP contribution in [0.2, 0.25) is 0 Å². The van der Waals surface area contributed by atoms with Crippen LogP contribution in [0.3, 0.4) is 0 Å². The van der Waals surface area contributed by atoms with Gasteiger partial charge in [-0.1, -0.05) is 0 Å². The first-order chi connectivity index (χ1) is 13.7. The van der Waals surface area contributed by atoms with E-state index < -0.39 is 0 Å². The fourth-order valence-corrected chi connectivity index (χ4v) is 3.37. The van der Waals surface area contributed by atoms with Crippen molar-refractivity contribution in [3.8, 4) is 11.5 Å². The molecule has 0 unspecified atom stereocenters. The molecule has 146 valence electrons. The third-order valence-corrected chi connectivity index (χ3v) is 4.92. The molecule has 1 aliphatic rings. The van der Waals surface area contributed by atoms with E-state index in [1.54, 1.807) is 14.2 Å². The number of ether oxygens (including phenoxy) is 3. The summed E-state index contributed by atoms with van der Waals surface area (Å²) in [5.41, 5.74) is 3.23. The summed E-state index contributed by atoms with van der Waals surface area (Å²) in [6, 6.07) is 9.42. The number of fused-ring (bicyclic) bond motifs is 1. The average molecular weight is 380 g/mol. The van der Waals surface area contributed by atoms with Crippen LogP contribution < -0.4 is 14.8 Å². The Morgan fingerprint density at radius 1 is 1.04 bits per heavy atom. The number of rotatable bonds is 6. The second kappa shape index (κ2) is 8.39. The van der Waals surface area contributed by atoms with Crippen LogP contribution >= 0.6 is 0 Å². The monoisotopic (exact) mass is 380 g/mol. The molecule has 0 aliphatic carbocycles. The van der Waals surface area contributed by atoms with Crippen LogP contribution in [0.4, 0.5) is 11.5 Å². The highest BCUT2D eigenvalue weighted by Gasteiger charge is 2.15. The van der Waals surface area contributed by atoms with Crippen LogP contribution in [0.25, 0.3) is 11.2 Å². The standard InChI is InChI=1S/C21H24N4O3/c1-26-17-10-15(11-18(12-17)27-2)23-20-4-3-19-21(25-20)24-16(13-22-19)9-14-5-7-28-8-6-14/h3-4,10-14H,5-9H2,1-2H3,(H,23,24,25). The van der Waals surface area contributed by atoms with Gasteiger partial charge in [0.05, 0.1) is 19.9 Å². The number of benzene rings is 1. The molecule has 1 aliphatic heterocycles. The fraction of sp³-hybridized carbons (Fsp3) is 0.381. The van der Waals surface area contributed by atoms with E-state index in [9.17, 15) is 0 Å². The minimum Gasteiger partial charge on any atom is -0.497 e. The van der Waals surface area contributed by atoms with Crippen molar-refractivity contribution in [1.29, 1.82) is 0 Å². The molecule has 3 heterocycles. The maximum Gasteiger partial charge on any atom is 0.180 e. The molecule has 4 rings (SSSR count). The van der Waals surface area contributed by atoms with Gasteiger partial charge in [0.15, 0.2) is 5.65 Å². The van der Waals surface area contributed by atoms with Gasteiger partial charge in [0.1, 0.15) is 22.8 Å². The first-order valence-electron chi connectivity index (χ1n) is 9.44. The van der Waals surface area contributed by atoms with Gasteiger partial charge < -0.3 is 19.5 Å². The number of methoxy groups -OCH3 is 2. The average Bonchev–Trinajstić information content (AvgIpc) is 2.74. The number of nitrogens with zero attached hydrogens (tertiary/aromatic N) is 3. The Morgan fingerprint density at radius 3 is 2.50 bits per heavy atom. The maximum absolute atomic E-state index is 5.44. The zero-order valence-electron chi connectivity index (χ0n) is 16.1. The van der Waals surface area contributed by atoms with E-state index in [4.69, 9.17) is 19.2 Å². The first-order valence-corrected chi connectivity index (χ1v) is 9.44. The second-order valence-electron chi connectivity index (χ2n) is 6.89. The molecule has 7 heteroatoms. The molecule has 0 atom stereocenters. The summed E-state index contributed by atoms with van der Waals surface area (Å²) in [5.74, 6) is 2.72. The highest BCUT2D eigenvalue weighted by molar-refractivity contribution is 5.73. The van der Waals surface area contributed by atoms with Crippen molar-refractivity contribution in [2.24, 2.45) is 5.92 Å². The number of pyridine rings is 1. The zero-order valence-corrected chi connectivity index (χ0v) is 16.1. The molecule has 3 aromatic rings. The Morgan fingerprint density at radius 2 is 1.79 bits per heavy atom. The Bertz CT molecular complexity index is 935. The Labute approximate surface area is 164 Å². The molecule has 1 aromatic carbocycles. The summed E-state index contributed by atoms with van der Waals surface area (Å²) in [5, 5.41) is 3.29. The van der Waals surface area contributed by atoms with Gasteiger partial charge in [-0.2, -0.15) is 0 Å². The molecule has 0 amide bonds. The highest BCUT2D eigenvalue weighted by Crippen LogP contribution is 2.28. The van der Waals surface area contributed by atoms with E-state index in [2.05, 4.69) is 15.3 Å². The third kappa shape index (κ3) is 4.31. The normalized spacial score (nSPS) is 14.8. The summed E-state index contributed by atoms with van der Waals surface area (Å²) in [6.07, 6.45) is 4.93. The van der Waals surface area contributed by atoms with E-state index in [0.29, 0.717) is 28.9 Å². The summed E-state index contributed by atoms with van der Waals surface area (Å²) >= 11 is 0. The SMILES string of the molecule is COc1cc(Nc2ccc3ncc(CC4CCOCC4)nc3n2)cc(OC)c1. The van der Waals surface area contributed by atoms with Crippen molar-refractivity contribution in [2.75, 3.05) is 32.8 Å². The van der Waals surface area contributed by atoms with Crippen LogP contribution in [0, 0.1) is 5.92 Å². The van der Waals surface area contributed by atoms with Gasteiger partial charge >= 0.3 is 0 Å². The van der Waals surface area contributed by atoms with Crippen molar-refractivity contribution < 1.29 is 14.2 Å². The Kier molecular flexibility index (Phi) is 5.53. The van der Waals surface area contributed by atoms with Crippen molar-refractivity contribution in [2.45, 2.75) is 19.3 Å². The van der Waals surface area contributed by atoms with Crippen molar-refractivity contribution in [1.82, 2.24) is 15.0 Å². The molecule has 0 radical (unpaired) electrons.